The van der Waals surface area contributed by atoms with Gasteiger partial charge in [0.05, 0.1) is 5.71 Å². The molecule has 19 heavy (non-hydrogen) atoms. The van der Waals surface area contributed by atoms with Gasteiger partial charge in [-0.25, -0.2) is 0 Å². The molecule has 0 aliphatic rings. The van der Waals surface area contributed by atoms with Crippen LogP contribution in [-0.4, -0.2) is 17.9 Å². The van der Waals surface area contributed by atoms with Crippen LogP contribution in [-0.2, 0) is 0 Å². The molecule has 0 bridgehead atoms. The van der Waals surface area contributed by atoms with Crippen molar-refractivity contribution in [1.82, 2.24) is 0 Å². The molecular weight excluding hydrogens is 234 g/mol. The second-order valence-corrected chi connectivity index (χ2v) is 4.32. The lowest BCUT2D eigenvalue weighted by Gasteiger charge is -2.06. The van der Waals surface area contributed by atoms with Crippen LogP contribution in [0, 0.1) is 0 Å². The van der Waals surface area contributed by atoms with E-state index in [0.717, 1.165) is 22.4 Å². The molecule has 0 aliphatic heterocycles. The van der Waals surface area contributed by atoms with Crippen molar-refractivity contribution in [3.8, 4) is 5.75 Å². The molecule has 0 saturated heterocycles. The van der Waals surface area contributed by atoms with Gasteiger partial charge in [-0.05, 0) is 36.3 Å². The van der Waals surface area contributed by atoms with E-state index in [2.05, 4.69) is 17.1 Å². The highest BCUT2D eigenvalue weighted by Gasteiger charge is 2.06. The van der Waals surface area contributed by atoms with E-state index in [1.54, 1.807) is 19.2 Å². The fourth-order valence-electron chi connectivity index (χ4n) is 1.94. The average molecular weight is 251 g/mol. The van der Waals surface area contributed by atoms with E-state index in [-0.39, 0.29) is 5.75 Å². The first-order chi connectivity index (χ1) is 9.22. The van der Waals surface area contributed by atoms with Crippen molar-refractivity contribution in [3.63, 3.8) is 0 Å². The van der Waals surface area contributed by atoms with Crippen LogP contribution in [0.25, 0.3) is 5.57 Å². The fourth-order valence-corrected chi connectivity index (χ4v) is 1.94. The zero-order valence-corrected chi connectivity index (χ0v) is 11.2. The summed E-state index contributed by atoms with van der Waals surface area (Å²) in [6.45, 7) is 2.04. The normalized spacial score (nSPS) is 12.5. The molecule has 96 valence electrons. The Hall–Kier alpha value is -2.35. The zero-order chi connectivity index (χ0) is 13.7. The van der Waals surface area contributed by atoms with Crippen LogP contribution in [0.4, 0.5) is 0 Å². The number of aliphatic imine (C=N–C) groups is 1. The summed E-state index contributed by atoms with van der Waals surface area (Å²) >= 11 is 0. The van der Waals surface area contributed by atoms with Crippen molar-refractivity contribution in [1.29, 1.82) is 0 Å². The van der Waals surface area contributed by atoms with E-state index in [4.69, 9.17) is 0 Å². The lowest BCUT2D eigenvalue weighted by Crippen LogP contribution is -1.98. The molecule has 0 saturated carbocycles. The largest absolute Gasteiger partial charge is 0.507 e. The SMILES string of the molecule is CN=C(/C=C(\C)c1ccccc1)c1ccccc1O. The Morgan fingerprint density at radius 1 is 1.00 bits per heavy atom. The van der Waals surface area contributed by atoms with Crippen molar-refractivity contribution in [2.45, 2.75) is 6.92 Å². The first-order valence-electron chi connectivity index (χ1n) is 6.21. The van der Waals surface area contributed by atoms with Crippen molar-refractivity contribution >= 4 is 11.3 Å². The van der Waals surface area contributed by atoms with Gasteiger partial charge in [0.2, 0.25) is 0 Å². The van der Waals surface area contributed by atoms with Gasteiger partial charge in [0.25, 0.3) is 0 Å². The Morgan fingerprint density at radius 3 is 2.26 bits per heavy atom. The highest BCUT2D eigenvalue weighted by Crippen LogP contribution is 2.20. The van der Waals surface area contributed by atoms with Crippen molar-refractivity contribution in [2.24, 2.45) is 4.99 Å². The minimum Gasteiger partial charge on any atom is -0.507 e. The predicted molar refractivity (Wildman–Crippen MR) is 80.7 cm³/mol. The Balaban J connectivity index is 2.38. The van der Waals surface area contributed by atoms with Crippen LogP contribution in [0.1, 0.15) is 18.1 Å². The van der Waals surface area contributed by atoms with Crippen LogP contribution in [0.3, 0.4) is 0 Å². The number of phenolic OH excluding ortho intramolecular Hbond substituents is 1. The first kappa shape index (κ1) is 13.1. The third-order valence-electron chi connectivity index (χ3n) is 3.00. The summed E-state index contributed by atoms with van der Waals surface area (Å²) in [5.41, 5.74) is 3.79. The maximum absolute atomic E-state index is 9.89. The molecule has 0 aromatic heterocycles. The molecule has 2 heteroatoms. The summed E-state index contributed by atoms with van der Waals surface area (Å²) in [4.78, 5) is 4.26. The van der Waals surface area contributed by atoms with Gasteiger partial charge >= 0.3 is 0 Å². The van der Waals surface area contributed by atoms with E-state index in [0.29, 0.717) is 0 Å². The van der Waals surface area contributed by atoms with Gasteiger partial charge in [-0.1, -0.05) is 42.5 Å². The molecule has 2 rings (SSSR count). The number of para-hydroxylation sites is 1. The van der Waals surface area contributed by atoms with E-state index in [1.807, 2.05) is 43.3 Å². The first-order valence-corrected chi connectivity index (χ1v) is 6.21. The zero-order valence-electron chi connectivity index (χ0n) is 11.2. The Labute approximate surface area is 113 Å². The smallest absolute Gasteiger partial charge is 0.124 e. The topological polar surface area (TPSA) is 32.6 Å². The standard InChI is InChI=1S/C17H17NO/c1-13(14-8-4-3-5-9-14)12-16(18-2)15-10-6-7-11-17(15)19/h3-12,19H,1-2H3/b13-12+,18-16?. The lowest BCUT2D eigenvalue weighted by molar-refractivity contribution is 0.474. The van der Waals surface area contributed by atoms with Gasteiger partial charge < -0.3 is 5.11 Å². The molecule has 2 aromatic rings. The summed E-state index contributed by atoms with van der Waals surface area (Å²) in [5.74, 6) is 0.250. The van der Waals surface area contributed by atoms with Gasteiger partial charge in [-0.15, -0.1) is 0 Å². The molecule has 0 heterocycles. The Bertz CT molecular complexity index is 612. The summed E-state index contributed by atoms with van der Waals surface area (Å²) in [6.07, 6.45) is 1.99. The second kappa shape index (κ2) is 6.01. The molecule has 0 unspecified atom stereocenters. The number of allylic oxidation sites excluding steroid dienone is 2. The Kier molecular flexibility index (Phi) is 4.14. The number of rotatable bonds is 3. The molecule has 2 aromatic carbocycles. The highest BCUT2D eigenvalue weighted by atomic mass is 16.3. The third kappa shape index (κ3) is 3.10. The van der Waals surface area contributed by atoms with Gasteiger partial charge in [-0.2, -0.15) is 0 Å². The molecule has 2 nitrogen and oxygen atoms in total. The monoisotopic (exact) mass is 251 g/mol. The van der Waals surface area contributed by atoms with Crippen LogP contribution >= 0.6 is 0 Å². The number of benzene rings is 2. The number of phenols is 1. The minimum atomic E-state index is 0.250. The molecular formula is C17H17NO. The molecule has 1 N–H and O–H groups in total. The summed E-state index contributed by atoms with van der Waals surface area (Å²) in [5, 5.41) is 9.89. The van der Waals surface area contributed by atoms with Crippen LogP contribution in [0.15, 0.2) is 65.7 Å². The van der Waals surface area contributed by atoms with Crippen molar-refractivity contribution < 1.29 is 5.11 Å². The minimum absolute atomic E-state index is 0.250. The van der Waals surface area contributed by atoms with Crippen LogP contribution < -0.4 is 0 Å². The van der Waals surface area contributed by atoms with Gasteiger partial charge in [-0.3, -0.25) is 4.99 Å². The van der Waals surface area contributed by atoms with Gasteiger partial charge in [0.15, 0.2) is 0 Å². The van der Waals surface area contributed by atoms with Gasteiger partial charge in [0.1, 0.15) is 5.75 Å². The molecule has 0 amide bonds. The van der Waals surface area contributed by atoms with E-state index in [1.165, 1.54) is 0 Å². The molecule has 0 radical (unpaired) electrons. The van der Waals surface area contributed by atoms with Gasteiger partial charge in [0, 0.05) is 12.6 Å². The predicted octanol–water partition coefficient (Wildman–Crippen LogP) is 3.91. The van der Waals surface area contributed by atoms with Crippen molar-refractivity contribution in [2.75, 3.05) is 7.05 Å². The number of hydrogen-bond donors (Lipinski definition) is 1. The number of nitrogens with zero attached hydrogens (tertiary/aromatic N) is 1. The molecule has 0 spiro atoms. The fraction of sp³-hybridized carbons (Fsp3) is 0.118. The van der Waals surface area contributed by atoms with E-state index >= 15 is 0 Å². The van der Waals surface area contributed by atoms with E-state index in [9.17, 15) is 5.11 Å². The van der Waals surface area contributed by atoms with Crippen molar-refractivity contribution in [3.05, 3.63) is 71.8 Å². The summed E-state index contributed by atoms with van der Waals surface area (Å²) in [7, 11) is 1.73. The summed E-state index contributed by atoms with van der Waals surface area (Å²) in [6, 6.07) is 17.4. The molecule has 0 atom stereocenters. The maximum Gasteiger partial charge on any atom is 0.124 e. The summed E-state index contributed by atoms with van der Waals surface area (Å²) < 4.78 is 0. The maximum atomic E-state index is 9.89. The number of hydrogen-bond acceptors (Lipinski definition) is 2. The average Bonchev–Trinajstić information content (AvgIpc) is 2.46. The second-order valence-electron chi connectivity index (χ2n) is 4.32. The Morgan fingerprint density at radius 2 is 1.63 bits per heavy atom. The third-order valence-corrected chi connectivity index (χ3v) is 3.00. The number of aromatic hydroxyl groups is 1. The van der Waals surface area contributed by atoms with Crippen LogP contribution in [0.5, 0.6) is 5.75 Å². The molecule has 0 fully saturated rings. The quantitative estimate of drug-likeness (QED) is 0.824. The van der Waals surface area contributed by atoms with Crippen LogP contribution in [0.2, 0.25) is 0 Å². The lowest BCUT2D eigenvalue weighted by atomic mass is 10.0. The highest BCUT2D eigenvalue weighted by molar-refractivity contribution is 6.13. The van der Waals surface area contributed by atoms with E-state index < -0.39 is 0 Å². The molecule has 0 aliphatic carbocycles.